The number of halogens is 3. The highest BCUT2D eigenvalue weighted by Crippen LogP contribution is 2.41. The molecule has 4 rings (SSSR count). The molecule has 0 bridgehead atoms. The summed E-state index contributed by atoms with van der Waals surface area (Å²) in [5.74, 6) is 0.452. The fraction of sp³-hybridized carbons (Fsp3) is 0.500. The van der Waals surface area contributed by atoms with Crippen molar-refractivity contribution >= 4 is 42.3 Å². The van der Waals surface area contributed by atoms with E-state index in [1.54, 1.807) is 4.68 Å². The van der Waals surface area contributed by atoms with Crippen LogP contribution in [-0.2, 0) is 12.0 Å². The molecular formula is C18H24Cl3N5O. The van der Waals surface area contributed by atoms with Gasteiger partial charge in [-0.2, -0.15) is 5.10 Å². The van der Waals surface area contributed by atoms with Gasteiger partial charge in [0.25, 0.3) is 5.91 Å². The normalized spacial score (nSPS) is 24.6. The Morgan fingerprint density at radius 2 is 1.96 bits per heavy atom. The monoisotopic (exact) mass is 431 g/mol. The van der Waals surface area contributed by atoms with Gasteiger partial charge in [0.1, 0.15) is 6.33 Å². The Bertz CT molecular complexity index is 789. The van der Waals surface area contributed by atoms with Crippen molar-refractivity contribution in [3.63, 3.8) is 0 Å². The molecule has 1 aliphatic carbocycles. The zero-order valence-electron chi connectivity index (χ0n) is 14.9. The lowest BCUT2D eigenvalue weighted by molar-refractivity contribution is 0.0514. The van der Waals surface area contributed by atoms with Gasteiger partial charge in [0.05, 0.1) is 6.54 Å². The molecule has 0 spiro atoms. The molecule has 9 heteroatoms. The standard InChI is InChI=1S/C18H22ClN5O.2ClH/c19-14-3-1-2-13(10-14)18(11-20)6-4-15(5-7-18)23-8-9-24-16(17(23)25)21-12-22-24;;/h1-3,10,12,15H,4-9,11,20H2;2*1H. The number of nitrogens with two attached hydrogens (primary N) is 1. The largest absolute Gasteiger partial charge is 0.331 e. The SMILES string of the molecule is Cl.Cl.NCC1(c2cccc(Cl)c2)CCC(N2CCn3ncnc3C2=O)CC1. The molecule has 27 heavy (non-hydrogen) atoms. The fourth-order valence-corrected chi connectivity index (χ4v) is 4.46. The zero-order valence-corrected chi connectivity index (χ0v) is 17.3. The molecule has 1 saturated carbocycles. The van der Waals surface area contributed by atoms with Gasteiger partial charge in [-0.3, -0.25) is 4.79 Å². The molecule has 1 aromatic carbocycles. The molecule has 1 aliphatic heterocycles. The number of carbonyl (C=O) groups excluding carboxylic acids is 1. The van der Waals surface area contributed by atoms with E-state index in [9.17, 15) is 4.79 Å². The van der Waals surface area contributed by atoms with Crippen LogP contribution in [0.4, 0.5) is 0 Å². The molecule has 0 saturated heterocycles. The molecule has 2 N–H and O–H groups in total. The first-order chi connectivity index (χ1) is 12.1. The average Bonchev–Trinajstić information content (AvgIpc) is 3.12. The summed E-state index contributed by atoms with van der Waals surface area (Å²) in [6.07, 6.45) is 5.28. The molecule has 2 aliphatic rings. The van der Waals surface area contributed by atoms with Crippen molar-refractivity contribution < 1.29 is 4.79 Å². The van der Waals surface area contributed by atoms with Gasteiger partial charge in [-0.25, -0.2) is 9.67 Å². The quantitative estimate of drug-likeness (QED) is 0.808. The van der Waals surface area contributed by atoms with Crippen molar-refractivity contribution in [3.8, 4) is 0 Å². The van der Waals surface area contributed by atoms with Crippen molar-refractivity contribution in [2.24, 2.45) is 5.73 Å². The Balaban J connectivity index is 0.00000131. The van der Waals surface area contributed by atoms with Crippen molar-refractivity contribution in [2.75, 3.05) is 13.1 Å². The van der Waals surface area contributed by atoms with Gasteiger partial charge in [0, 0.05) is 29.6 Å². The van der Waals surface area contributed by atoms with E-state index in [2.05, 4.69) is 16.1 Å². The van der Waals surface area contributed by atoms with Crippen LogP contribution in [0.5, 0.6) is 0 Å². The van der Waals surface area contributed by atoms with E-state index in [0.717, 1.165) is 30.7 Å². The van der Waals surface area contributed by atoms with Crippen LogP contribution in [0.2, 0.25) is 5.02 Å². The van der Waals surface area contributed by atoms with Crippen LogP contribution in [0.25, 0.3) is 0 Å². The minimum atomic E-state index is -0.0414. The van der Waals surface area contributed by atoms with E-state index in [-0.39, 0.29) is 42.2 Å². The maximum absolute atomic E-state index is 12.7. The third kappa shape index (κ3) is 3.94. The summed E-state index contributed by atoms with van der Waals surface area (Å²) < 4.78 is 1.69. The first-order valence-electron chi connectivity index (χ1n) is 8.78. The lowest BCUT2D eigenvalue weighted by Gasteiger charge is -2.44. The number of aromatic nitrogens is 3. The number of benzene rings is 1. The van der Waals surface area contributed by atoms with Gasteiger partial charge >= 0.3 is 0 Å². The van der Waals surface area contributed by atoms with Crippen LogP contribution >= 0.6 is 36.4 Å². The highest BCUT2D eigenvalue weighted by atomic mass is 35.5. The molecule has 1 fully saturated rings. The Kier molecular flexibility index (Phi) is 7.14. The first kappa shape index (κ1) is 22.0. The molecule has 2 aromatic rings. The van der Waals surface area contributed by atoms with E-state index < -0.39 is 0 Å². The summed E-state index contributed by atoms with van der Waals surface area (Å²) in [7, 11) is 0. The number of hydrogen-bond donors (Lipinski definition) is 1. The molecule has 1 aromatic heterocycles. The van der Waals surface area contributed by atoms with Gasteiger partial charge in [-0.05, 0) is 43.4 Å². The average molecular weight is 433 g/mol. The number of rotatable bonds is 3. The second-order valence-electron chi connectivity index (χ2n) is 7.03. The van der Waals surface area contributed by atoms with E-state index >= 15 is 0 Å². The third-order valence-electron chi connectivity index (χ3n) is 5.80. The summed E-state index contributed by atoms with van der Waals surface area (Å²) >= 11 is 6.18. The van der Waals surface area contributed by atoms with Crippen LogP contribution in [0.15, 0.2) is 30.6 Å². The van der Waals surface area contributed by atoms with Gasteiger partial charge < -0.3 is 10.6 Å². The van der Waals surface area contributed by atoms with Crippen LogP contribution < -0.4 is 5.73 Å². The maximum atomic E-state index is 12.7. The lowest BCUT2D eigenvalue weighted by Crippen LogP contribution is -2.51. The summed E-state index contributed by atoms with van der Waals surface area (Å²) in [5, 5.41) is 4.85. The van der Waals surface area contributed by atoms with Crippen molar-refractivity contribution in [1.82, 2.24) is 19.7 Å². The predicted molar refractivity (Wildman–Crippen MR) is 110 cm³/mol. The molecule has 0 atom stereocenters. The predicted octanol–water partition coefficient (Wildman–Crippen LogP) is 3.07. The van der Waals surface area contributed by atoms with Crippen molar-refractivity contribution in [1.29, 1.82) is 0 Å². The zero-order chi connectivity index (χ0) is 17.4. The second-order valence-corrected chi connectivity index (χ2v) is 7.47. The fourth-order valence-electron chi connectivity index (χ4n) is 4.27. The summed E-state index contributed by atoms with van der Waals surface area (Å²) in [6.45, 7) is 2.02. The van der Waals surface area contributed by atoms with E-state index in [1.807, 2.05) is 23.1 Å². The number of hydrogen-bond acceptors (Lipinski definition) is 4. The van der Waals surface area contributed by atoms with Crippen molar-refractivity contribution in [2.45, 2.75) is 43.7 Å². The van der Waals surface area contributed by atoms with Crippen LogP contribution in [-0.4, -0.2) is 44.7 Å². The first-order valence-corrected chi connectivity index (χ1v) is 9.16. The molecule has 1 amide bonds. The highest BCUT2D eigenvalue weighted by Gasteiger charge is 2.40. The smallest absolute Gasteiger partial charge is 0.291 e. The van der Waals surface area contributed by atoms with E-state index in [0.29, 0.717) is 25.5 Å². The summed E-state index contributed by atoms with van der Waals surface area (Å²) in [5.41, 5.74) is 7.35. The minimum Gasteiger partial charge on any atom is -0.331 e. The Labute approximate surface area is 176 Å². The topological polar surface area (TPSA) is 77.0 Å². The second kappa shape index (κ2) is 8.78. The van der Waals surface area contributed by atoms with Crippen LogP contribution in [0.1, 0.15) is 41.9 Å². The van der Waals surface area contributed by atoms with E-state index in [4.69, 9.17) is 17.3 Å². The van der Waals surface area contributed by atoms with Crippen molar-refractivity contribution in [3.05, 3.63) is 47.0 Å². The number of fused-ring (bicyclic) bond motifs is 1. The maximum Gasteiger partial charge on any atom is 0.291 e. The Morgan fingerprint density at radius 1 is 1.22 bits per heavy atom. The minimum absolute atomic E-state index is 0. The lowest BCUT2D eigenvalue weighted by atomic mass is 9.68. The number of amides is 1. The van der Waals surface area contributed by atoms with E-state index in [1.165, 1.54) is 11.9 Å². The van der Waals surface area contributed by atoms with Gasteiger partial charge in [-0.15, -0.1) is 24.8 Å². The molecule has 6 nitrogen and oxygen atoms in total. The molecule has 2 heterocycles. The number of nitrogens with zero attached hydrogens (tertiary/aromatic N) is 4. The molecular weight excluding hydrogens is 409 g/mol. The third-order valence-corrected chi connectivity index (χ3v) is 6.04. The van der Waals surface area contributed by atoms with Crippen LogP contribution in [0.3, 0.4) is 0 Å². The van der Waals surface area contributed by atoms with Gasteiger partial charge in [-0.1, -0.05) is 23.7 Å². The number of carbonyl (C=O) groups is 1. The summed E-state index contributed by atoms with van der Waals surface area (Å²) in [6, 6.07) is 8.28. The highest BCUT2D eigenvalue weighted by molar-refractivity contribution is 6.30. The molecule has 0 radical (unpaired) electrons. The van der Waals surface area contributed by atoms with Gasteiger partial charge in [0.2, 0.25) is 5.82 Å². The van der Waals surface area contributed by atoms with Crippen LogP contribution in [0, 0.1) is 0 Å². The molecule has 148 valence electrons. The Hall–Kier alpha value is -1.34. The Morgan fingerprint density at radius 3 is 2.63 bits per heavy atom. The molecule has 0 unspecified atom stereocenters. The van der Waals surface area contributed by atoms with Gasteiger partial charge in [0.15, 0.2) is 0 Å². The summed E-state index contributed by atoms with van der Waals surface area (Å²) in [4.78, 5) is 18.8.